The van der Waals surface area contributed by atoms with Gasteiger partial charge >= 0.3 is 55.1 Å². The molecule has 0 fully saturated rings. The summed E-state index contributed by atoms with van der Waals surface area (Å²) in [5, 5.41) is 25.2. The molecule has 0 atom stereocenters. The van der Waals surface area contributed by atoms with Crippen LogP contribution in [0.2, 0.25) is 0 Å². The van der Waals surface area contributed by atoms with E-state index in [2.05, 4.69) is 0 Å². The molecule has 0 saturated carbocycles. The monoisotopic (exact) mass is 202 g/mol. The van der Waals surface area contributed by atoms with Crippen LogP contribution in [0.4, 0.5) is 0 Å². The van der Waals surface area contributed by atoms with Gasteiger partial charge < -0.3 is 29.1 Å². The number of rotatable bonds is 0. The van der Waals surface area contributed by atoms with Crippen molar-refractivity contribution in [1.82, 2.24) is 0 Å². The van der Waals surface area contributed by atoms with Crippen LogP contribution in [0, 0.1) is 0 Å². The van der Waals surface area contributed by atoms with E-state index in [0.717, 1.165) is 0 Å². The minimum absolute atomic E-state index is 0. The van der Waals surface area contributed by atoms with Gasteiger partial charge in [-0.2, -0.15) is 0 Å². The van der Waals surface area contributed by atoms with Crippen LogP contribution >= 0.6 is 0 Å². The standard InChI is InChI=1S/Al.BO3.Ca.O3Si/c;2-1(3)4;;1-4(2)3/q+3;-3;+2;-2. The van der Waals surface area contributed by atoms with Crippen LogP contribution in [0.15, 0.2) is 0 Å². The fraction of sp³-hybridized carbons (Fsp3) is 0. The fourth-order valence-corrected chi connectivity index (χ4v) is 0. The van der Waals surface area contributed by atoms with Crippen LogP contribution in [0.5, 0.6) is 0 Å². The van der Waals surface area contributed by atoms with Gasteiger partial charge in [0.25, 0.3) is 0 Å². The Hall–Kier alpha value is 1.35. The molecule has 0 unspecified atom stereocenters. The molecule has 0 rings (SSSR count). The molecule has 0 amide bonds. The topological polar surface area (TPSA) is 132 Å². The van der Waals surface area contributed by atoms with Gasteiger partial charge in [-0.05, 0) is 0 Å². The molecular weight excluding hydrogens is 202 g/mol. The predicted octanol–water partition coefficient (Wildman–Crippen LogP) is -7.59. The molecule has 10 heteroatoms. The van der Waals surface area contributed by atoms with Crippen molar-refractivity contribution in [2.45, 2.75) is 0 Å². The first kappa shape index (κ1) is 22.5. The fourth-order valence-electron chi connectivity index (χ4n) is 0. The summed E-state index contributed by atoms with van der Waals surface area (Å²) >= 11 is 0. The van der Waals surface area contributed by atoms with E-state index in [0.29, 0.717) is 0 Å². The van der Waals surface area contributed by atoms with Crippen molar-refractivity contribution in [1.29, 1.82) is 0 Å². The quantitative estimate of drug-likeness (QED) is 0.358. The van der Waals surface area contributed by atoms with Gasteiger partial charge in [0, 0.05) is 9.17 Å². The average molecular weight is 202 g/mol. The Kier molecular flexibility index (Phi) is 37.7. The minimum atomic E-state index is -3.63. The van der Waals surface area contributed by atoms with Crippen LogP contribution in [-0.4, -0.2) is 71.6 Å². The van der Waals surface area contributed by atoms with Crippen molar-refractivity contribution in [3.8, 4) is 0 Å². The van der Waals surface area contributed by atoms with Crippen LogP contribution in [0.1, 0.15) is 0 Å². The molecule has 0 spiro atoms. The van der Waals surface area contributed by atoms with Gasteiger partial charge in [0.1, 0.15) is 0 Å². The molecule has 10 heavy (non-hydrogen) atoms. The molecule has 48 valence electrons. The number of hydrogen-bond donors (Lipinski definition) is 0. The summed E-state index contributed by atoms with van der Waals surface area (Å²) in [5.74, 6) is 0. The smallest absolute Gasteiger partial charge is 0.907 e. The summed E-state index contributed by atoms with van der Waals surface area (Å²) in [6, 6.07) is 0. The van der Waals surface area contributed by atoms with Crippen LogP contribution < -0.4 is 24.7 Å². The number of hydrogen-bond acceptors (Lipinski definition) is 6. The van der Waals surface area contributed by atoms with Gasteiger partial charge in [0.15, 0.2) is 0 Å². The molecule has 0 aliphatic heterocycles. The molecule has 0 aromatic heterocycles. The molecule has 0 radical (unpaired) electrons. The normalized spacial score (nSPS) is 5.10. The van der Waals surface area contributed by atoms with E-state index in [1.54, 1.807) is 0 Å². The molecule has 0 saturated heterocycles. The van der Waals surface area contributed by atoms with Crippen molar-refractivity contribution in [2.75, 3.05) is 0 Å². The summed E-state index contributed by atoms with van der Waals surface area (Å²) < 4.78 is 8.52. The molecule has 0 aliphatic rings. The summed E-state index contributed by atoms with van der Waals surface area (Å²) in [6.07, 6.45) is 0. The zero-order chi connectivity index (χ0) is 7.15. The molecule has 6 nitrogen and oxygen atoms in total. The third-order valence-corrected chi connectivity index (χ3v) is 0. The second-order valence-corrected chi connectivity index (χ2v) is 1.04. The molecule has 0 aromatic rings. The maximum Gasteiger partial charge on any atom is 3.00 e. The average Bonchev–Trinajstić information content (AvgIpc) is 1.25. The zero-order valence-corrected chi connectivity index (χ0v) is 9.17. The SMILES string of the molecule is O=[Si]([O-])[O-].[Al+3].[Ca+2].[O-]B([O-])[O-]. The van der Waals surface area contributed by atoms with E-state index in [-0.39, 0.29) is 55.1 Å². The molecule has 0 aromatic carbocycles. The first-order valence-corrected chi connectivity index (χ1v) is 2.54. The van der Waals surface area contributed by atoms with Gasteiger partial charge in [-0.15, -0.1) is 0 Å². The summed E-state index contributed by atoms with van der Waals surface area (Å²) in [5.41, 5.74) is 0. The van der Waals surface area contributed by atoms with Crippen molar-refractivity contribution >= 4 is 71.6 Å². The Bertz CT molecular complexity index is 62.0. The summed E-state index contributed by atoms with van der Waals surface area (Å²) in [6.45, 7) is 0. The van der Waals surface area contributed by atoms with E-state index in [1.165, 1.54) is 0 Å². The minimum Gasteiger partial charge on any atom is -0.907 e. The van der Waals surface area contributed by atoms with Crippen molar-refractivity contribution in [3.63, 3.8) is 0 Å². The molecular formula is AlBCaO6Si. The maximum atomic E-state index is 8.52. The Labute approximate surface area is 99.7 Å². The van der Waals surface area contributed by atoms with Crippen LogP contribution in [0.25, 0.3) is 0 Å². The molecule has 0 N–H and O–H groups in total. The Morgan fingerprint density at radius 2 is 1.10 bits per heavy atom. The van der Waals surface area contributed by atoms with Crippen LogP contribution in [-0.2, 0) is 4.46 Å². The van der Waals surface area contributed by atoms with E-state index < -0.39 is 16.5 Å². The summed E-state index contributed by atoms with van der Waals surface area (Å²) in [7, 11) is -6.55. The Morgan fingerprint density at radius 1 is 1.10 bits per heavy atom. The van der Waals surface area contributed by atoms with E-state index in [1.807, 2.05) is 0 Å². The van der Waals surface area contributed by atoms with Crippen molar-refractivity contribution in [2.24, 2.45) is 0 Å². The van der Waals surface area contributed by atoms with Gasteiger partial charge in [0.2, 0.25) is 0 Å². The van der Waals surface area contributed by atoms with Crippen molar-refractivity contribution < 1.29 is 29.1 Å². The second-order valence-electron chi connectivity index (χ2n) is 0.539. The summed E-state index contributed by atoms with van der Waals surface area (Å²) in [4.78, 5) is 17.0. The van der Waals surface area contributed by atoms with Crippen LogP contribution in [0.3, 0.4) is 0 Å². The predicted molar refractivity (Wildman–Crippen MR) is 23.7 cm³/mol. The van der Waals surface area contributed by atoms with E-state index in [9.17, 15) is 0 Å². The molecule has 0 bridgehead atoms. The largest absolute Gasteiger partial charge is 3.00 e. The van der Waals surface area contributed by atoms with E-state index >= 15 is 0 Å². The maximum absolute atomic E-state index is 8.52. The third-order valence-electron chi connectivity index (χ3n) is 0. The van der Waals surface area contributed by atoms with Gasteiger partial charge in [-0.3, -0.25) is 7.32 Å². The van der Waals surface area contributed by atoms with Gasteiger partial charge in [-0.1, -0.05) is 0 Å². The van der Waals surface area contributed by atoms with Crippen molar-refractivity contribution in [3.05, 3.63) is 0 Å². The first-order valence-electron chi connectivity index (χ1n) is 1.32. The Morgan fingerprint density at radius 3 is 1.10 bits per heavy atom. The van der Waals surface area contributed by atoms with Gasteiger partial charge in [-0.25, -0.2) is 0 Å². The Balaban J connectivity index is -0.0000000300. The van der Waals surface area contributed by atoms with E-state index in [4.69, 9.17) is 29.1 Å². The molecule has 0 aliphatic carbocycles. The first-order chi connectivity index (χ1) is 3.46. The molecule has 0 heterocycles. The van der Waals surface area contributed by atoms with Gasteiger partial charge in [0.05, 0.1) is 0 Å². The third kappa shape index (κ3) is 356. The second kappa shape index (κ2) is 16.8. The zero-order valence-electron chi connectivity index (χ0n) is 4.81.